The second-order valence-electron chi connectivity index (χ2n) is 1.92. The molecule has 2 N–H and O–H groups in total. The van der Waals surface area contributed by atoms with Crippen LogP contribution in [0.15, 0.2) is 12.4 Å². The van der Waals surface area contributed by atoms with Crippen molar-refractivity contribution in [2.24, 2.45) is 5.73 Å². The van der Waals surface area contributed by atoms with Crippen molar-refractivity contribution < 1.29 is 9.53 Å². The molecule has 5 heteroatoms. The number of aryl methyl sites for hydroxylation is 1. The van der Waals surface area contributed by atoms with Crippen molar-refractivity contribution in [3.05, 3.63) is 18.1 Å². The Balaban J connectivity index is 2.74. The summed E-state index contributed by atoms with van der Waals surface area (Å²) in [5.41, 5.74) is 5.49. The number of carbonyl (C=O) groups excluding carboxylic acids is 1. The second-order valence-corrected chi connectivity index (χ2v) is 1.92. The topological polar surface area (TPSA) is 78.1 Å². The minimum atomic E-state index is -0.886. The van der Waals surface area contributed by atoms with E-state index >= 15 is 0 Å². The van der Waals surface area contributed by atoms with Crippen molar-refractivity contribution >= 4 is 6.09 Å². The van der Waals surface area contributed by atoms with Crippen LogP contribution in [0, 0.1) is 6.92 Å². The van der Waals surface area contributed by atoms with Crippen molar-refractivity contribution in [2.75, 3.05) is 0 Å². The molecule has 0 unspecified atom stereocenters. The first kappa shape index (κ1) is 7.46. The SMILES string of the molecule is Cc1cnc(OC(N)=O)cn1. The summed E-state index contributed by atoms with van der Waals surface area (Å²) in [6, 6.07) is 0. The molecular formula is C6H7N3O2. The Morgan fingerprint density at radius 3 is 2.73 bits per heavy atom. The normalized spacial score (nSPS) is 9.18. The summed E-state index contributed by atoms with van der Waals surface area (Å²) in [7, 11) is 0. The third-order valence-corrected chi connectivity index (χ3v) is 0.962. The van der Waals surface area contributed by atoms with Crippen molar-refractivity contribution in [2.45, 2.75) is 6.92 Å². The Hall–Kier alpha value is -1.65. The molecule has 0 aliphatic heterocycles. The molecule has 0 atom stereocenters. The molecule has 58 valence electrons. The van der Waals surface area contributed by atoms with Crippen molar-refractivity contribution in [1.29, 1.82) is 0 Å². The summed E-state index contributed by atoms with van der Waals surface area (Å²) in [5.74, 6) is 0.114. The lowest BCUT2D eigenvalue weighted by molar-refractivity contribution is 0.209. The summed E-state index contributed by atoms with van der Waals surface area (Å²) in [6.07, 6.45) is 1.93. The van der Waals surface area contributed by atoms with Crippen LogP contribution in [0.2, 0.25) is 0 Å². The minimum Gasteiger partial charge on any atom is -0.390 e. The first-order chi connectivity index (χ1) is 5.18. The molecule has 1 amide bonds. The summed E-state index contributed by atoms with van der Waals surface area (Å²) in [6.45, 7) is 1.78. The van der Waals surface area contributed by atoms with Gasteiger partial charge in [0.05, 0.1) is 18.1 Å². The molecule has 1 aromatic rings. The zero-order valence-electron chi connectivity index (χ0n) is 5.94. The number of primary amides is 1. The Morgan fingerprint density at radius 2 is 2.27 bits per heavy atom. The van der Waals surface area contributed by atoms with Gasteiger partial charge in [0, 0.05) is 0 Å². The maximum atomic E-state index is 10.2. The lowest BCUT2D eigenvalue weighted by atomic mass is 10.5. The Labute approximate surface area is 63.2 Å². The lowest BCUT2D eigenvalue weighted by Crippen LogP contribution is -2.17. The number of hydrogen-bond acceptors (Lipinski definition) is 4. The minimum absolute atomic E-state index is 0.114. The highest BCUT2D eigenvalue weighted by molar-refractivity contribution is 5.67. The van der Waals surface area contributed by atoms with Crippen LogP contribution >= 0.6 is 0 Å². The van der Waals surface area contributed by atoms with Crippen LogP contribution in [0.1, 0.15) is 5.69 Å². The number of aromatic nitrogens is 2. The van der Waals surface area contributed by atoms with Gasteiger partial charge in [0.1, 0.15) is 0 Å². The van der Waals surface area contributed by atoms with Crippen molar-refractivity contribution in [3.63, 3.8) is 0 Å². The first-order valence-corrected chi connectivity index (χ1v) is 2.94. The molecule has 11 heavy (non-hydrogen) atoms. The van der Waals surface area contributed by atoms with E-state index in [1.165, 1.54) is 12.4 Å². The van der Waals surface area contributed by atoms with Gasteiger partial charge in [0.15, 0.2) is 0 Å². The molecular weight excluding hydrogens is 146 g/mol. The molecule has 0 spiro atoms. The molecule has 5 nitrogen and oxygen atoms in total. The van der Waals surface area contributed by atoms with Gasteiger partial charge in [0.25, 0.3) is 0 Å². The Kier molecular flexibility index (Phi) is 2.00. The fraction of sp³-hybridized carbons (Fsp3) is 0.167. The van der Waals surface area contributed by atoms with Gasteiger partial charge in [-0.1, -0.05) is 0 Å². The van der Waals surface area contributed by atoms with E-state index in [2.05, 4.69) is 14.7 Å². The average molecular weight is 153 g/mol. The number of hydrogen-bond donors (Lipinski definition) is 1. The largest absolute Gasteiger partial charge is 0.411 e. The van der Waals surface area contributed by atoms with Crippen LogP contribution < -0.4 is 10.5 Å². The van der Waals surface area contributed by atoms with E-state index in [4.69, 9.17) is 5.73 Å². The highest BCUT2D eigenvalue weighted by Gasteiger charge is 1.98. The average Bonchev–Trinajstić information content (AvgIpc) is 1.93. The Bertz CT molecular complexity index is 257. The molecule has 0 saturated heterocycles. The molecule has 0 aliphatic carbocycles. The number of carbonyl (C=O) groups is 1. The van der Waals surface area contributed by atoms with Crippen LogP contribution in [-0.2, 0) is 0 Å². The van der Waals surface area contributed by atoms with Gasteiger partial charge in [-0.05, 0) is 6.92 Å². The Morgan fingerprint density at radius 1 is 1.55 bits per heavy atom. The maximum Gasteiger partial charge on any atom is 0.411 e. The predicted molar refractivity (Wildman–Crippen MR) is 37.0 cm³/mol. The van der Waals surface area contributed by atoms with E-state index in [1.54, 1.807) is 6.92 Å². The predicted octanol–water partition coefficient (Wildman–Crippen LogP) is 0.243. The highest BCUT2D eigenvalue weighted by atomic mass is 16.6. The van der Waals surface area contributed by atoms with Crippen molar-refractivity contribution in [1.82, 2.24) is 9.97 Å². The number of nitrogens with two attached hydrogens (primary N) is 1. The lowest BCUT2D eigenvalue weighted by Gasteiger charge is -1.97. The van der Waals surface area contributed by atoms with Gasteiger partial charge in [-0.3, -0.25) is 4.98 Å². The third kappa shape index (κ3) is 2.21. The molecule has 1 heterocycles. The van der Waals surface area contributed by atoms with E-state index in [0.717, 1.165) is 5.69 Å². The standard InChI is InChI=1S/C6H7N3O2/c1-4-2-9-5(3-8-4)11-6(7)10/h2-3H,1H3,(H2,7,10). The van der Waals surface area contributed by atoms with Crippen LogP contribution in [0.25, 0.3) is 0 Å². The zero-order chi connectivity index (χ0) is 8.27. The van der Waals surface area contributed by atoms with Crippen LogP contribution in [0.3, 0.4) is 0 Å². The van der Waals surface area contributed by atoms with Gasteiger partial charge >= 0.3 is 6.09 Å². The fourth-order valence-corrected chi connectivity index (χ4v) is 0.537. The van der Waals surface area contributed by atoms with Crippen molar-refractivity contribution in [3.8, 4) is 5.88 Å². The molecule has 1 rings (SSSR count). The highest BCUT2D eigenvalue weighted by Crippen LogP contribution is 2.01. The van der Waals surface area contributed by atoms with Gasteiger partial charge in [-0.15, -0.1) is 0 Å². The number of ether oxygens (including phenoxy) is 1. The van der Waals surface area contributed by atoms with Gasteiger partial charge in [-0.2, -0.15) is 0 Å². The zero-order valence-corrected chi connectivity index (χ0v) is 5.94. The van der Waals surface area contributed by atoms with Crippen LogP contribution in [-0.4, -0.2) is 16.1 Å². The van der Waals surface area contributed by atoms with E-state index < -0.39 is 6.09 Å². The third-order valence-electron chi connectivity index (χ3n) is 0.962. The number of amides is 1. The number of rotatable bonds is 1. The maximum absolute atomic E-state index is 10.2. The van der Waals surface area contributed by atoms with E-state index in [0.29, 0.717) is 0 Å². The fourth-order valence-electron chi connectivity index (χ4n) is 0.537. The smallest absolute Gasteiger partial charge is 0.390 e. The number of nitrogens with zero attached hydrogens (tertiary/aromatic N) is 2. The summed E-state index contributed by atoms with van der Waals surface area (Å²) in [5, 5.41) is 0. The molecule has 0 aromatic carbocycles. The molecule has 0 radical (unpaired) electrons. The van der Waals surface area contributed by atoms with E-state index in [9.17, 15) is 4.79 Å². The monoisotopic (exact) mass is 153 g/mol. The van der Waals surface area contributed by atoms with Crippen LogP contribution in [0.4, 0.5) is 4.79 Å². The molecule has 0 saturated carbocycles. The summed E-state index contributed by atoms with van der Waals surface area (Å²) >= 11 is 0. The molecule has 0 fully saturated rings. The molecule has 0 aliphatic rings. The van der Waals surface area contributed by atoms with E-state index in [-0.39, 0.29) is 5.88 Å². The summed E-state index contributed by atoms with van der Waals surface area (Å²) in [4.78, 5) is 17.8. The van der Waals surface area contributed by atoms with E-state index in [1.807, 2.05) is 0 Å². The molecule has 1 aromatic heterocycles. The summed E-state index contributed by atoms with van der Waals surface area (Å²) < 4.78 is 4.43. The second kappa shape index (κ2) is 2.96. The quantitative estimate of drug-likeness (QED) is 0.626. The first-order valence-electron chi connectivity index (χ1n) is 2.94. The molecule has 0 bridgehead atoms. The van der Waals surface area contributed by atoms with Gasteiger partial charge < -0.3 is 10.5 Å². The van der Waals surface area contributed by atoms with Gasteiger partial charge in [-0.25, -0.2) is 9.78 Å². The van der Waals surface area contributed by atoms with Gasteiger partial charge in [0.2, 0.25) is 5.88 Å². The van der Waals surface area contributed by atoms with Crippen LogP contribution in [0.5, 0.6) is 5.88 Å².